The summed E-state index contributed by atoms with van der Waals surface area (Å²) >= 11 is 6.29. The van der Waals surface area contributed by atoms with E-state index in [1.807, 2.05) is 0 Å². The van der Waals surface area contributed by atoms with E-state index < -0.39 is 5.97 Å². The van der Waals surface area contributed by atoms with Crippen molar-refractivity contribution >= 4 is 28.5 Å². The Morgan fingerprint density at radius 3 is 2.90 bits per heavy atom. The minimum Gasteiger partial charge on any atom is -0.493 e. The van der Waals surface area contributed by atoms with Crippen molar-refractivity contribution in [2.75, 3.05) is 7.11 Å². The van der Waals surface area contributed by atoms with Crippen molar-refractivity contribution in [3.8, 4) is 17.0 Å². The number of benzene rings is 1. The second-order valence-corrected chi connectivity index (χ2v) is 4.36. The normalized spacial score (nSPS) is 10.9. The molecule has 2 aromatic heterocycles. The topological polar surface area (TPSA) is 85.7 Å². The van der Waals surface area contributed by atoms with Crippen LogP contribution in [0, 0.1) is 0 Å². The number of carboxylic acid groups (broad SMARTS) is 1. The molecule has 0 aliphatic carbocycles. The number of aromatic carboxylic acids is 1. The Bertz CT molecular complexity index is 804. The number of furan rings is 1. The number of carbonyl (C=O) groups is 1. The Balaban J connectivity index is 2.24. The van der Waals surface area contributed by atoms with Crippen LogP contribution in [0.3, 0.4) is 0 Å². The molecule has 7 heteroatoms. The highest BCUT2D eigenvalue weighted by Crippen LogP contribution is 2.40. The van der Waals surface area contributed by atoms with E-state index >= 15 is 0 Å². The van der Waals surface area contributed by atoms with Crippen molar-refractivity contribution in [3.63, 3.8) is 0 Å². The average molecular weight is 294 g/mol. The van der Waals surface area contributed by atoms with Gasteiger partial charge in [0.15, 0.2) is 11.3 Å². The maximum atomic E-state index is 10.8. The predicted molar refractivity (Wildman–Crippen MR) is 70.2 cm³/mol. The Labute approximate surface area is 117 Å². The van der Waals surface area contributed by atoms with Crippen LogP contribution in [-0.2, 0) is 0 Å². The van der Waals surface area contributed by atoms with Crippen LogP contribution in [0.1, 0.15) is 10.6 Å². The number of methoxy groups -OCH3 is 1. The van der Waals surface area contributed by atoms with E-state index in [2.05, 4.69) is 5.16 Å². The molecule has 20 heavy (non-hydrogen) atoms. The Hall–Kier alpha value is -2.47. The summed E-state index contributed by atoms with van der Waals surface area (Å²) in [4.78, 5) is 10.8. The van der Waals surface area contributed by atoms with Gasteiger partial charge in [-0.25, -0.2) is 4.79 Å². The van der Waals surface area contributed by atoms with Crippen LogP contribution in [0.5, 0.6) is 5.75 Å². The molecule has 0 unspecified atom stereocenters. The van der Waals surface area contributed by atoms with Gasteiger partial charge < -0.3 is 18.8 Å². The molecule has 0 saturated heterocycles. The smallest absolute Gasteiger partial charge is 0.374 e. The minimum atomic E-state index is -1.20. The predicted octanol–water partition coefficient (Wildman–Crippen LogP) is 3.45. The fourth-order valence-electron chi connectivity index (χ4n) is 1.92. The number of rotatable bonds is 3. The number of hydrogen-bond donors (Lipinski definition) is 1. The molecule has 0 spiro atoms. The molecular formula is C13H8ClNO5. The van der Waals surface area contributed by atoms with Gasteiger partial charge in [-0.15, -0.1) is 0 Å². The third-order valence-electron chi connectivity index (χ3n) is 2.85. The van der Waals surface area contributed by atoms with E-state index in [4.69, 9.17) is 30.4 Å². The molecular weight excluding hydrogens is 286 g/mol. The first-order valence-electron chi connectivity index (χ1n) is 5.56. The minimum absolute atomic E-state index is 0.262. The number of halogens is 1. The van der Waals surface area contributed by atoms with Crippen molar-refractivity contribution in [2.45, 2.75) is 0 Å². The quantitative estimate of drug-likeness (QED) is 0.796. The molecule has 2 heterocycles. The monoisotopic (exact) mass is 293 g/mol. The van der Waals surface area contributed by atoms with E-state index in [0.29, 0.717) is 33.0 Å². The van der Waals surface area contributed by atoms with Crippen LogP contribution in [0.4, 0.5) is 0 Å². The molecule has 0 aliphatic rings. The molecule has 0 aliphatic heterocycles. The maximum Gasteiger partial charge on any atom is 0.374 e. The highest BCUT2D eigenvalue weighted by Gasteiger charge is 2.19. The van der Waals surface area contributed by atoms with Gasteiger partial charge in [-0.2, -0.15) is 0 Å². The SMILES string of the molecule is COc1cc(-c2cc(C(=O)O)on2)c(Cl)c2ccoc12. The molecule has 0 radical (unpaired) electrons. The van der Waals surface area contributed by atoms with Gasteiger partial charge in [0.1, 0.15) is 5.69 Å². The molecule has 6 nitrogen and oxygen atoms in total. The van der Waals surface area contributed by atoms with Crippen molar-refractivity contribution in [2.24, 2.45) is 0 Å². The first-order chi connectivity index (χ1) is 9.61. The maximum absolute atomic E-state index is 10.8. The molecule has 0 atom stereocenters. The summed E-state index contributed by atoms with van der Waals surface area (Å²) in [6.45, 7) is 0. The second kappa shape index (κ2) is 4.57. The molecule has 0 saturated carbocycles. The van der Waals surface area contributed by atoms with E-state index in [0.717, 1.165) is 0 Å². The summed E-state index contributed by atoms with van der Waals surface area (Å²) in [7, 11) is 1.50. The number of aromatic nitrogens is 1. The number of ether oxygens (including phenoxy) is 1. The Kier molecular flexibility index (Phi) is 2.87. The van der Waals surface area contributed by atoms with Gasteiger partial charge in [0, 0.05) is 17.0 Å². The van der Waals surface area contributed by atoms with Crippen LogP contribution in [0.25, 0.3) is 22.2 Å². The highest BCUT2D eigenvalue weighted by atomic mass is 35.5. The molecule has 0 fully saturated rings. The lowest BCUT2D eigenvalue weighted by Crippen LogP contribution is -1.91. The fraction of sp³-hybridized carbons (Fsp3) is 0.0769. The van der Waals surface area contributed by atoms with Gasteiger partial charge in [-0.05, 0) is 12.1 Å². The fourth-order valence-corrected chi connectivity index (χ4v) is 2.22. The lowest BCUT2D eigenvalue weighted by molar-refractivity contribution is 0.0652. The van der Waals surface area contributed by atoms with Crippen molar-refractivity contribution in [1.29, 1.82) is 0 Å². The van der Waals surface area contributed by atoms with Crippen LogP contribution >= 0.6 is 11.6 Å². The highest BCUT2D eigenvalue weighted by molar-refractivity contribution is 6.38. The van der Waals surface area contributed by atoms with Crippen LogP contribution in [0.15, 0.2) is 33.4 Å². The van der Waals surface area contributed by atoms with Gasteiger partial charge in [0.2, 0.25) is 5.76 Å². The summed E-state index contributed by atoms with van der Waals surface area (Å²) in [5, 5.41) is 13.6. The summed E-state index contributed by atoms with van der Waals surface area (Å²) in [6, 6.07) is 4.62. The largest absolute Gasteiger partial charge is 0.493 e. The molecule has 0 bridgehead atoms. The summed E-state index contributed by atoms with van der Waals surface area (Å²) in [6.07, 6.45) is 1.49. The zero-order valence-corrected chi connectivity index (χ0v) is 11.0. The van der Waals surface area contributed by atoms with E-state index in [9.17, 15) is 4.79 Å². The summed E-state index contributed by atoms with van der Waals surface area (Å²) in [5.41, 5.74) is 1.34. The number of hydrogen-bond acceptors (Lipinski definition) is 5. The van der Waals surface area contributed by atoms with Crippen molar-refractivity contribution < 1.29 is 23.6 Å². The van der Waals surface area contributed by atoms with Gasteiger partial charge >= 0.3 is 5.97 Å². The first-order valence-corrected chi connectivity index (χ1v) is 5.93. The summed E-state index contributed by atoms with van der Waals surface area (Å²) in [5.74, 6) is -0.983. The third kappa shape index (κ3) is 1.81. The summed E-state index contributed by atoms with van der Waals surface area (Å²) < 4.78 is 15.3. The van der Waals surface area contributed by atoms with Gasteiger partial charge in [-0.1, -0.05) is 16.8 Å². The van der Waals surface area contributed by atoms with Crippen LogP contribution in [-0.4, -0.2) is 23.3 Å². The van der Waals surface area contributed by atoms with Crippen LogP contribution < -0.4 is 4.74 Å². The second-order valence-electron chi connectivity index (χ2n) is 3.99. The Morgan fingerprint density at radius 2 is 2.25 bits per heavy atom. The van der Waals surface area contributed by atoms with Crippen molar-refractivity contribution in [1.82, 2.24) is 5.16 Å². The van der Waals surface area contributed by atoms with Gasteiger partial charge in [0.25, 0.3) is 0 Å². The number of nitrogens with zero attached hydrogens (tertiary/aromatic N) is 1. The molecule has 0 amide bonds. The zero-order valence-electron chi connectivity index (χ0n) is 10.2. The number of fused-ring (bicyclic) bond motifs is 1. The van der Waals surface area contributed by atoms with E-state index in [1.54, 1.807) is 12.1 Å². The zero-order chi connectivity index (χ0) is 14.3. The molecule has 3 rings (SSSR count). The number of carboxylic acids is 1. The molecule has 1 N–H and O–H groups in total. The molecule has 3 aromatic rings. The third-order valence-corrected chi connectivity index (χ3v) is 3.26. The van der Waals surface area contributed by atoms with Crippen molar-refractivity contribution in [3.05, 3.63) is 35.2 Å². The molecule has 102 valence electrons. The van der Waals surface area contributed by atoms with Gasteiger partial charge in [-0.3, -0.25) is 0 Å². The lowest BCUT2D eigenvalue weighted by atomic mass is 10.1. The van der Waals surface area contributed by atoms with E-state index in [1.165, 1.54) is 19.4 Å². The lowest BCUT2D eigenvalue weighted by Gasteiger charge is -2.06. The average Bonchev–Trinajstić information content (AvgIpc) is 3.08. The van der Waals surface area contributed by atoms with Crippen LogP contribution in [0.2, 0.25) is 5.02 Å². The van der Waals surface area contributed by atoms with Gasteiger partial charge in [0.05, 0.1) is 18.4 Å². The molecule has 1 aromatic carbocycles. The Morgan fingerprint density at radius 1 is 1.45 bits per heavy atom. The first kappa shape index (κ1) is 12.6. The standard InChI is InChI=1S/C13H8ClNO5/c1-18-9-4-7(8-5-10(13(16)17)20-15-8)11(14)6-2-3-19-12(6)9/h2-5H,1H3,(H,16,17). The van der Waals surface area contributed by atoms with E-state index in [-0.39, 0.29) is 5.76 Å².